The molecule has 0 aromatic heterocycles. The highest BCUT2D eigenvalue weighted by Crippen LogP contribution is 2.45. The Hall–Kier alpha value is -1.51. The molecule has 1 radical (unpaired) electrons. The maximum Gasteiger partial charge on any atom is 0.408 e. The molecule has 0 unspecified atom stereocenters. The number of benzene rings is 1. The van der Waals surface area contributed by atoms with Crippen molar-refractivity contribution in [2.24, 2.45) is 0 Å². The molecule has 1 aromatic carbocycles. The highest BCUT2D eigenvalue weighted by molar-refractivity contribution is 5.70. The predicted molar refractivity (Wildman–Crippen MR) is 65.6 cm³/mol. The van der Waals surface area contributed by atoms with Gasteiger partial charge in [0.15, 0.2) is 0 Å². The number of ether oxygens (including phenoxy) is 1. The quantitative estimate of drug-likeness (QED) is 0.851. The van der Waals surface area contributed by atoms with Crippen LogP contribution in [0.3, 0.4) is 0 Å². The fourth-order valence-electron chi connectivity index (χ4n) is 1.80. The number of nitrogens with one attached hydrogen (secondary N) is 1. The van der Waals surface area contributed by atoms with E-state index in [0.29, 0.717) is 0 Å². The van der Waals surface area contributed by atoms with E-state index in [9.17, 15) is 4.79 Å². The van der Waals surface area contributed by atoms with E-state index in [1.165, 1.54) is 0 Å². The topological polar surface area (TPSA) is 38.3 Å². The molecule has 0 spiro atoms. The third kappa shape index (κ3) is 2.99. The largest absolute Gasteiger partial charge is 0.444 e. The van der Waals surface area contributed by atoms with Crippen LogP contribution in [0.2, 0.25) is 0 Å². The van der Waals surface area contributed by atoms with Crippen LogP contribution in [0.5, 0.6) is 0 Å². The third-order valence-corrected chi connectivity index (χ3v) is 2.75. The summed E-state index contributed by atoms with van der Waals surface area (Å²) in [6.07, 6.45) is 1.58. The van der Waals surface area contributed by atoms with Gasteiger partial charge in [-0.2, -0.15) is 0 Å². The summed E-state index contributed by atoms with van der Waals surface area (Å²) in [6, 6.07) is 10.8. The molecule has 2 rings (SSSR count). The maximum atomic E-state index is 11.7. The Kier molecular flexibility index (Phi) is 2.86. The molecule has 1 fully saturated rings. The summed E-state index contributed by atoms with van der Waals surface area (Å²) in [5, 5.41) is 2.96. The molecular formula is C14H18NO2. The third-order valence-electron chi connectivity index (χ3n) is 2.75. The number of rotatable bonds is 2. The molecule has 0 aliphatic heterocycles. The zero-order valence-corrected chi connectivity index (χ0v) is 10.5. The number of alkyl carbamates (subject to hydrolysis) is 1. The molecule has 3 nitrogen and oxygen atoms in total. The van der Waals surface area contributed by atoms with Gasteiger partial charge in [0, 0.05) is 0 Å². The summed E-state index contributed by atoms with van der Waals surface area (Å²) in [5.41, 5.74) is 0.425. The molecule has 17 heavy (non-hydrogen) atoms. The van der Waals surface area contributed by atoms with E-state index in [4.69, 9.17) is 4.74 Å². The van der Waals surface area contributed by atoms with Crippen molar-refractivity contribution in [1.82, 2.24) is 5.32 Å². The summed E-state index contributed by atoms with van der Waals surface area (Å²) < 4.78 is 5.27. The van der Waals surface area contributed by atoms with Crippen LogP contribution in [0.1, 0.15) is 39.2 Å². The molecule has 1 amide bonds. The van der Waals surface area contributed by atoms with E-state index < -0.39 is 5.60 Å². The summed E-state index contributed by atoms with van der Waals surface area (Å²) >= 11 is 0. The van der Waals surface area contributed by atoms with Crippen molar-refractivity contribution in [2.45, 2.75) is 44.8 Å². The minimum absolute atomic E-state index is 0.222. The smallest absolute Gasteiger partial charge is 0.408 e. The van der Waals surface area contributed by atoms with Gasteiger partial charge in [0.25, 0.3) is 0 Å². The summed E-state index contributed by atoms with van der Waals surface area (Å²) in [7, 11) is 0. The highest BCUT2D eigenvalue weighted by atomic mass is 16.6. The number of hydrogen-bond donors (Lipinski definition) is 1. The molecule has 3 heteroatoms. The van der Waals surface area contributed by atoms with E-state index in [0.717, 1.165) is 18.4 Å². The van der Waals surface area contributed by atoms with Crippen LogP contribution in [-0.4, -0.2) is 11.7 Å². The van der Waals surface area contributed by atoms with Gasteiger partial charge in [-0.25, -0.2) is 4.79 Å². The monoisotopic (exact) mass is 232 g/mol. The molecule has 1 aliphatic carbocycles. The van der Waals surface area contributed by atoms with Gasteiger partial charge in [0.1, 0.15) is 5.60 Å². The van der Waals surface area contributed by atoms with Crippen LogP contribution in [0, 0.1) is 6.07 Å². The molecule has 0 heterocycles. The fourth-order valence-corrected chi connectivity index (χ4v) is 1.80. The van der Waals surface area contributed by atoms with Crippen molar-refractivity contribution in [3.05, 3.63) is 35.9 Å². The Bertz CT molecular complexity index is 402. The van der Waals surface area contributed by atoms with Crippen molar-refractivity contribution < 1.29 is 9.53 Å². The molecular weight excluding hydrogens is 214 g/mol. The van der Waals surface area contributed by atoms with Gasteiger partial charge in [0.2, 0.25) is 0 Å². The van der Waals surface area contributed by atoms with Crippen LogP contribution in [0.25, 0.3) is 0 Å². The van der Waals surface area contributed by atoms with Crippen LogP contribution in [-0.2, 0) is 10.3 Å². The van der Waals surface area contributed by atoms with Gasteiger partial charge in [-0.15, -0.1) is 0 Å². The number of carbonyl (C=O) groups excluding carboxylic acids is 1. The van der Waals surface area contributed by atoms with E-state index in [2.05, 4.69) is 11.4 Å². The van der Waals surface area contributed by atoms with Gasteiger partial charge in [0.05, 0.1) is 5.54 Å². The Balaban J connectivity index is 2.02. The second-order valence-electron chi connectivity index (χ2n) is 5.50. The van der Waals surface area contributed by atoms with Crippen molar-refractivity contribution in [3.63, 3.8) is 0 Å². The van der Waals surface area contributed by atoms with E-state index in [-0.39, 0.29) is 11.6 Å². The average molecular weight is 232 g/mol. The SMILES string of the molecule is CC(C)(C)OC(=O)NC1(c2c[c]ccc2)CC1. The summed E-state index contributed by atoms with van der Waals surface area (Å²) in [4.78, 5) is 11.7. The first-order valence-electron chi connectivity index (χ1n) is 5.89. The van der Waals surface area contributed by atoms with Gasteiger partial charge < -0.3 is 10.1 Å². The minimum Gasteiger partial charge on any atom is -0.444 e. The molecule has 0 bridgehead atoms. The summed E-state index contributed by atoms with van der Waals surface area (Å²) in [6.45, 7) is 5.59. The number of amides is 1. The molecule has 0 saturated heterocycles. The zero-order chi connectivity index (χ0) is 12.5. The van der Waals surface area contributed by atoms with Gasteiger partial charge in [-0.05, 0) is 51.3 Å². The average Bonchev–Trinajstić information content (AvgIpc) is 2.97. The van der Waals surface area contributed by atoms with E-state index in [1.807, 2.05) is 45.0 Å². The summed E-state index contributed by atoms with van der Waals surface area (Å²) in [5.74, 6) is 0. The predicted octanol–water partition coefficient (Wildman–Crippen LogP) is 3.00. The Morgan fingerprint density at radius 2 is 2.18 bits per heavy atom. The van der Waals surface area contributed by atoms with Crippen molar-refractivity contribution in [3.8, 4) is 0 Å². The first-order valence-corrected chi connectivity index (χ1v) is 5.89. The lowest BCUT2D eigenvalue weighted by molar-refractivity contribution is 0.0495. The molecule has 0 atom stereocenters. The minimum atomic E-state index is -0.455. The van der Waals surface area contributed by atoms with E-state index in [1.54, 1.807) is 0 Å². The van der Waals surface area contributed by atoms with Crippen LogP contribution < -0.4 is 5.32 Å². The van der Waals surface area contributed by atoms with E-state index >= 15 is 0 Å². The molecule has 91 valence electrons. The van der Waals surface area contributed by atoms with Gasteiger partial charge in [-0.1, -0.05) is 18.2 Å². The van der Waals surface area contributed by atoms with Gasteiger partial charge >= 0.3 is 6.09 Å². The number of carbonyl (C=O) groups is 1. The number of hydrogen-bond acceptors (Lipinski definition) is 2. The van der Waals surface area contributed by atoms with Crippen LogP contribution in [0.4, 0.5) is 4.79 Å². The Labute approximate surface area is 102 Å². The Morgan fingerprint density at radius 1 is 1.47 bits per heavy atom. The second kappa shape index (κ2) is 4.06. The first kappa shape index (κ1) is 12.0. The van der Waals surface area contributed by atoms with Crippen molar-refractivity contribution in [1.29, 1.82) is 0 Å². The second-order valence-corrected chi connectivity index (χ2v) is 5.50. The lowest BCUT2D eigenvalue weighted by atomic mass is 10.1. The van der Waals surface area contributed by atoms with Gasteiger partial charge in [-0.3, -0.25) is 0 Å². The normalized spacial score (nSPS) is 17.4. The molecule has 1 aliphatic rings. The Morgan fingerprint density at radius 3 is 2.65 bits per heavy atom. The lowest BCUT2D eigenvalue weighted by Crippen LogP contribution is -2.39. The molecule has 1 saturated carbocycles. The maximum absolute atomic E-state index is 11.7. The molecule has 1 N–H and O–H groups in total. The zero-order valence-electron chi connectivity index (χ0n) is 10.5. The standard InChI is InChI=1S/C14H18NO2/c1-13(2,3)17-12(16)15-14(9-10-14)11-7-5-4-6-8-11/h4-5,7-8H,9-10H2,1-3H3,(H,15,16). The van der Waals surface area contributed by atoms with Crippen molar-refractivity contribution in [2.75, 3.05) is 0 Å². The van der Waals surface area contributed by atoms with Crippen LogP contribution in [0.15, 0.2) is 24.3 Å². The first-order chi connectivity index (χ1) is 7.91. The highest BCUT2D eigenvalue weighted by Gasteiger charge is 2.46. The fraction of sp³-hybridized carbons (Fsp3) is 0.500. The lowest BCUT2D eigenvalue weighted by Gasteiger charge is -2.23. The van der Waals surface area contributed by atoms with Crippen molar-refractivity contribution >= 4 is 6.09 Å². The van der Waals surface area contributed by atoms with Crippen LogP contribution >= 0.6 is 0 Å². The molecule has 1 aromatic rings.